The fourth-order valence-electron chi connectivity index (χ4n) is 2.09. The number of carbonyl (C=O) groups is 2. The Hall–Kier alpha value is -2.94. The molecule has 2 aromatic rings. The molecule has 1 aliphatic heterocycles. The highest BCUT2D eigenvalue weighted by Crippen LogP contribution is 2.29. The first-order valence-electron chi connectivity index (χ1n) is 5.56. The second-order valence-corrected chi connectivity index (χ2v) is 4.24. The summed E-state index contributed by atoms with van der Waals surface area (Å²) in [6, 6.07) is 6.94. The van der Waals surface area contributed by atoms with Crippen LogP contribution in [0, 0.1) is 18.3 Å². The second-order valence-electron chi connectivity index (χ2n) is 4.24. The van der Waals surface area contributed by atoms with Crippen molar-refractivity contribution in [2.24, 2.45) is 0 Å². The third kappa shape index (κ3) is 1.45. The molecule has 1 aliphatic rings. The van der Waals surface area contributed by atoms with Crippen molar-refractivity contribution in [2.75, 3.05) is 4.90 Å². The molecule has 92 valence electrons. The second kappa shape index (κ2) is 3.78. The van der Waals surface area contributed by atoms with E-state index in [0.29, 0.717) is 11.1 Å². The van der Waals surface area contributed by atoms with Gasteiger partial charge in [-0.3, -0.25) is 14.7 Å². The fourth-order valence-corrected chi connectivity index (χ4v) is 2.09. The number of nitrogens with zero attached hydrogens (tertiary/aromatic N) is 3. The first-order chi connectivity index (χ1) is 9.13. The lowest BCUT2D eigenvalue weighted by Gasteiger charge is -2.10. The zero-order valence-electron chi connectivity index (χ0n) is 9.97. The summed E-state index contributed by atoms with van der Waals surface area (Å²) in [5.74, 6) is -0.767. The van der Waals surface area contributed by atoms with Crippen molar-refractivity contribution < 1.29 is 9.59 Å². The normalized spacial score (nSPS) is 13.6. The number of imide groups is 1. The zero-order valence-corrected chi connectivity index (χ0v) is 9.97. The molecule has 0 unspecified atom stereocenters. The number of aromatic amines is 1. The Balaban J connectivity index is 2.16. The van der Waals surface area contributed by atoms with Crippen molar-refractivity contribution in [1.82, 2.24) is 10.2 Å². The Labute approximate surface area is 108 Å². The van der Waals surface area contributed by atoms with Crippen LogP contribution in [-0.2, 0) is 0 Å². The van der Waals surface area contributed by atoms with Crippen LogP contribution < -0.4 is 4.90 Å². The van der Waals surface area contributed by atoms with Gasteiger partial charge in [0, 0.05) is 0 Å². The Bertz CT molecular complexity index is 754. The third-order valence-electron chi connectivity index (χ3n) is 3.01. The molecule has 0 aliphatic carbocycles. The third-order valence-corrected chi connectivity index (χ3v) is 3.01. The van der Waals surface area contributed by atoms with Crippen LogP contribution in [0.1, 0.15) is 31.8 Å². The highest BCUT2D eigenvalue weighted by Gasteiger charge is 2.38. The number of hydrogen-bond acceptors (Lipinski definition) is 4. The van der Waals surface area contributed by atoms with Gasteiger partial charge in [-0.2, -0.15) is 10.4 Å². The van der Waals surface area contributed by atoms with E-state index < -0.39 is 11.8 Å². The lowest BCUT2D eigenvalue weighted by molar-refractivity contribution is 0.0925. The molecule has 3 rings (SSSR count). The summed E-state index contributed by atoms with van der Waals surface area (Å²) in [5, 5.41) is 15.2. The smallest absolute Gasteiger partial charge is 0.267 e. The molecule has 0 bridgehead atoms. The summed E-state index contributed by atoms with van der Waals surface area (Å²) in [6.45, 7) is 1.84. The summed E-state index contributed by atoms with van der Waals surface area (Å²) in [6.07, 6.45) is 1.28. The molecule has 0 saturated heterocycles. The molecule has 19 heavy (non-hydrogen) atoms. The van der Waals surface area contributed by atoms with E-state index in [1.165, 1.54) is 6.20 Å². The van der Waals surface area contributed by atoms with E-state index >= 15 is 0 Å². The van der Waals surface area contributed by atoms with E-state index in [4.69, 9.17) is 5.26 Å². The van der Waals surface area contributed by atoms with Gasteiger partial charge in [-0.1, -0.05) is 11.6 Å². The summed E-state index contributed by atoms with van der Waals surface area (Å²) < 4.78 is 0. The van der Waals surface area contributed by atoms with Crippen molar-refractivity contribution in [2.45, 2.75) is 6.92 Å². The van der Waals surface area contributed by atoms with Crippen LogP contribution in [0.2, 0.25) is 0 Å². The van der Waals surface area contributed by atoms with E-state index in [2.05, 4.69) is 10.2 Å². The molecule has 6 nitrogen and oxygen atoms in total. The van der Waals surface area contributed by atoms with E-state index in [0.717, 1.165) is 10.5 Å². The molecule has 0 fully saturated rings. The molecule has 6 heteroatoms. The Morgan fingerprint density at radius 3 is 2.74 bits per heavy atom. The number of benzene rings is 1. The average molecular weight is 252 g/mol. The largest absolute Gasteiger partial charge is 0.268 e. The predicted octanol–water partition coefficient (Wildman–Crippen LogP) is 1.39. The van der Waals surface area contributed by atoms with Gasteiger partial charge in [0.05, 0.1) is 17.3 Å². The minimum absolute atomic E-state index is 0.117. The number of hydrogen-bond donors (Lipinski definition) is 1. The molecule has 0 atom stereocenters. The number of amides is 2. The molecular weight excluding hydrogens is 244 g/mol. The van der Waals surface area contributed by atoms with Crippen LogP contribution in [0.4, 0.5) is 5.82 Å². The SMILES string of the molecule is Cc1ccc2c(c1)C(=O)N(c1[nH]ncc1C#N)C2=O. The maximum atomic E-state index is 12.3. The number of carbonyl (C=O) groups excluding carboxylic acids is 2. The fraction of sp³-hybridized carbons (Fsp3) is 0.0769. The van der Waals surface area contributed by atoms with Crippen molar-refractivity contribution >= 4 is 17.6 Å². The minimum atomic E-state index is -0.444. The molecule has 0 radical (unpaired) electrons. The molecule has 0 saturated carbocycles. The van der Waals surface area contributed by atoms with Gasteiger partial charge in [0.15, 0.2) is 5.82 Å². The number of nitriles is 1. The topological polar surface area (TPSA) is 89.8 Å². The Kier molecular flexibility index (Phi) is 2.22. The summed E-state index contributed by atoms with van der Waals surface area (Å²) in [4.78, 5) is 25.5. The van der Waals surface area contributed by atoms with Gasteiger partial charge in [0.2, 0.25) is 0 Å². The van der Waals surface area contributed by atoms with Gasteiger partial charge < -0.3 is 0 Å². The van der Waals surface area contributed by atoms with Crippen LogP contribution >= 0.6 is 0 Å². The van der Waals surface area contributed by atoms with Crippen molar-refractivity contribution in [3.63, 3.8) is 0 Å². The lowest BCUT2D eigenvalue weighted by Crippen LogP contribution is -2.30. The van der Waals surface area contributed by atoms with Crippen LogP contribution in [0.3, 0.4) is 0 Å². The van der Waals surface area contributed by atoms with E-state index in [9.17, 15) is 9.59 Å². The number of aromatic nitrogens is 2. The molecule has 1 N–H and O–H groups in total. The van der Waals surface area contributed by atoms with E-state index in [-0.39, 0.29) is 11.4 Å². The number of anilines is 1. The van der Waals surface area contributed by atoms with Crippen LogP contribution in [-0.4, -0.2) is 22.0 Å². The Morgan fingerprint density at radius 2 is 2.00 bits per heavy atom. The molecule has 1 aromatic carbocycles. The van der Waals surface area contributed by atoms with Crippen molar-refractivity contribution in [3.8, 4) is 6.07 Å². The van der Waals surface area contributed by atoms with Crippen LogP contribution in [0.25, 0.3) is 0 Å². The van der Waals surface area contributed by atoms with Crippen molar-refractivity contribution in [3.05, 3.63) is 46.6 Å². The summed E-state index contributed by atoms with van der Waals surface area (Å²) in [7, 11) is 0. The standard InChI is InChI=1S/C13H8N4O2/c1-7-2-3-9-10(4-7)13(19)17(12(9)18)11-8(5-14)6-15-16-11/h2-4,6H,1H3,(H,15,16). The maximum Gasteiger partial charge on any atom is 0.267 e. The van der Waals surface area contributed by atoms with Crippen LogP contribution in [0.5, 0.6) is 0 Å². The zero-order chi connectivity index (χ0) is 13.6. The van der Waals surface area contributed by atoms with E-state index in [1.54, 1.807) is 18.2 Å². The maximum absolute atomic E-state index is 12.3. The van der Waals surface area contributed by atoms with Crippen LogP contribution in [0.15, 0.2) is 24.4 Å². The van der Waals surface area contributed by atoms with Gasteiger partial charge in [0.25, 0.3) is 11.8 Å². The monoisotopic (exact) mass is 252 g/mol. The first kappa shape index (κ1) is 11.2. The highest BCUT2D eigenvalue weighted by molar-refractivity contribution is 6.34. The van der Waals surface area contributed by atoms with Gasteiger partial charge in [-0.05, 0) is 19.1 Å². The average Bonchev–Trinajstić information content (AvgIpc) is 2.94. The highest BCUT2D eigenvalue weighted by atomic mass is 16.2. The first-order valence-corrected chi connectivity index (χ1v) is 5.56. The summed E-state index contributed by atoms with van der Waals surface area (Å²) in [5.41, 5.74) is 1.75. The van der Waals surface area contributed by atoms with Crippen molar-refractivity contribution in [1.29, 1.82) is 5.26 Å². The number of H-pyrrole nitrogens is 1. The van der Waals surface area contributed by atoms with Gasteiger partial charge >= 0.3 is 0 Å². The van der Waals surface area contributed by atoms with Gasteiger partial charge in [-0.15, -0.1) is 0 Å². The summed E-state index contributed by atoms with van der Waals surface area (Å²) >= 11 is 0. The molecule has 2 heterocycles. The quantitative estimate of drug-likeness (QED) is 0.776. The molecule has 2 amide bonds. The van der Waals surface area contributed by atoms with Gasteiger partial charge in [0.1, 0.15) is 11.6 Å². The number of nitrogens with one attached hydrogen (secondary N) is 1. The van der Waals surface area contributed by atoms with Gasteiger partial charge in [-0.25, -0.2) is 4.90 Å². The predicted molar refractivity (Wildman–Crippen MR) is 65.6 cm³/mol. The molecular formula is C13H8N4O2. The van der Waals surface area contributed by atoms with E-state index in [1.807, 2.05) is 13.0 Å². The Morgan fingerprint density at radius 1 is 1.26 bits per heavy atom. The minimum Gasteiger partial charge on any atom is -0.268 e. The number of aryl methyl sites for hydroxylation is 1. The molecule has 1 aromatic heterocycles. The lowest BCUT2D eigenvalue weighted by atomic mass is 10.1. The molecule has 0 spiro atoms. The number of fused-ring (bicyclic) bond motifs is 1. The number of rotatable bonds is 1.